The van der Waals surface area contributed by atoms with Gasteiger partial charge in [0.25, 0.3) is 0 Å². The molecule has 0 amide bonds. The van der Waals surface area contributed by atoms with Gasteiger partial charge in [0.2, 0.25) is 0 Å². The highest BCUT2D eigenvalue weighted by Crippen LogP contribution is 2.18. The van der Waals surface area contributed by atoms with Gasteiger partial charge in [0.05, 0.1) is 0 Å². The molecule has 2 heteroatoms. The minimum absolute atomic E-state index is 0.846. The second kappa shape index (κ2) is 15.2. The number of rotatable bonds is 16. The van der Waals surface area contributed by atoms with E-state index in [1.807, 2.05) is 12.4 Å². The maximum absolute atomic E-state index is 4.62. The third-order valence-corrected chi connectivity index (χ3v) is 5.98. The van der Waals surface area contributed by atoms with E-state index >= 15 is 0 Å². The third kappa shape index (κ3) is 10.4. The molecule has 0 spiro atoms. The van der Waals surface area contributed by atoms with Crippen molar-refractivity contribution < 1.29 is 0 Å². The van der Waals surface area contributed by atoms with Gasteiger partial charge in [-0.3, -0.25) is 0 Å². The Morgan fingerprint density at radius 2 is 1.17 bits per heavy atom. The molecule has 1 aromatic carbocycles. The van der Waals surface area contributed by atoms with E-state index in [0.717, 1.165) is 23.7 Å². The van der Waals surface area contributed by atoms with Gasteiger partial charge in [-0.25, -0.2) is 9.97 Å². The van der Waals surface area contributed by atoms with Crippen molar-refractivity contribution in [2.75, 3.05) is 0 Å². The second-order valence-electron chi connectivity index (χ2n) is 9.33. The van der Waals surface area contributed by atoms with E-state index in [1.54, 1.807) is 0 Å². The topological polar surface area (TPSA) is 25.8 Å². The van der Waals surface area contributed by atoms with Gasteiger partial charge in [-0.2, -0.15) is 0 Å². The molecular formula is C28H44N2. The van der Waals surface area contributed by atoms with Crippen molar-refractivity contribution >= 4 is 0 Å². The highest BCUT2D eigenvalue weighted by molar-refractivity contribution is 5.55. The lowest BCUT2D eigenvalue weighted by molar-refractivity contribution is 0.511. The van der Waals surface area contributed by atoms with Gasteiger partial charge in [0.15, 0.2) is 5.82 Å². The Morgan fingerprint density at radius 1 is 0.633 bits per heavy atom. The molecular weight excluding hydrogens is 364 g/mol. The molecule has 0 aliphatic carbocycles. The summed E-state index contributed by atoms with van der Waals surface area (Å²) in [6.07, 6.45) is 22.5. The highest BCUT2D eigenvalue weighted by Gasteiger charge is 2.03. The predicted octanol–water partition coefficient (Wildman–Crippen LogP) is 8.59. The summed E-state index contributed by atoms with van der Waals surface area (Å²) in [6.45, 7) is 6.90. The standard InChI is InChI=1S/C28H44N2/c1-4-5-6-9-13-16-25-18-20-27(21-19-25)28-29-22-26(23-30-28)17-14-11-8-7-10-12-15-24(2)3/h18-24H,4-17H2,1-3H3. The largest absolute Gasteiger partial charge is 0.236 e. The summed E-state index contributed by atoms with van der Waals surface area (Å²) in [7, 11) is 0. The molecule has 0 bridgehead atoms. The van der Waals surface area contributed by atoms with Crippen molar-refractivity contribution in [3.63, 3.8) is 0 Å². The number of aryl methyl sites for hydroxylation is 2. The van der Waals surface area contributed by atoms with Gasteiger partial charge in [-0.05, 0) is 42.7 Å². The maximum atomic E-state index is 4.62. The van der Waals surface area contributed by atoms with Crippen LogP contribution >= 0.6 is 0 Å². The van der Waals surface area contributed by atoms with Crippen LogP contribution in [0.5, 0.6) is 0 Å². The first-order valence-corrected chi connectivity index (χ1v) is 12.6. The summed E-state index contributed by atoms with van der Waals surface area (Å²) < 4.78 is 0. The van der Waals surface area contributed by atoms with Crippen LogP contribution in [0, 0.1) is 5.92 Å². The fraction of sp³-hybridized carbons (Fsp3) is 0.643. The quantitative estimate of drug-likeness (QED) is 0.260. The van der Waals surface area contributed by atoms with Crippen molar-refractivity contribution in [3.8, 4) is 11.4 Å². The van der Waals surface area contributed by atoms with Gasteiger partial charge >= 0.3 is 0 Å². The number of hydrogen-bond acceptors (Lipinski definition) is 2. The molecule has 0 N–H and O–H groups in total. The Balaban J connectivity index is 1.65. The molecule has 0 fully saturated rings. The first-order valence-electron chi connectivity index (χ1n) is 12.6. The molecule has 30 heavy (non-hydrogen) atoms. The zero-order chi connectivity index (χ0) is 21.4. The molecule has 1 aromatic heterocycles. The Morgan fingerprint density at radius 3 is 1.77 bits per heavy atom. The summed E-state index contributed by atoms with van der Waals surface area (Å²) >= 11 is 0. The van der Waals surface area contributed by atoms with E-state index in [0.29, 0.717) is 0 Å². The van der Waals surface area contributed by atoms with Gasteiger partial charge in [0, 0.05) is 18.0 Å². The van der Waals surface area contributed by atoms with Crippen molar-refractivity contribution in [2.45, 2.75) is 111 Å². The monoisotopic (exact) mass is 408 g/mol. The highest BCUT2D eigenvalue weighted by atomic mass is 14.9. The van der Waals surface area contributed by atoms with E-state index in [1.165, 1.54) is 94.6 Å². The minimum Gasteiger partial charge on any atom is -0.236 e. The molecule has 0 saturated carbocycles. The van der Waals surface area contributed by atoms with Gasteiger partial charge < -0.3 is 0 Å². The number of unbranched alkanes of at least 4 members (excludes halogenated alkanes) is 9. The summed E-state index contributed by atoms with van der Waals surface area (Å²) in [5.74, 6) is 1.70. The Bertz CT molecular complexity index is 658. The van der Waals surface area contributed by atoms with E-state index in [9.17, 15) is 0 Å². The lowest BCUT2D eigenvalue weighted by Crippen LogP contribution is -1.94. The first-order chi connectivity index (χ1) is 14.7. The molecule has 0 unspecified atom stereocenters. The van der Waals surface area contributed by atoms with Crippen molar-refractivity contribution in [3.05, 3.63) is 47.8 Å². The van der Waals surface area contributed by atoms with Crippen LogP contribution in [0.3, 0.4) is 0 Å². The van der Waals surface area contributed by atoms with Crippen LogP contribution in [0.25, 0.3) is 11.4 Å². The van der Waals surface area contributed by atoms with Crippen LogP contribution in [0.1, 0.15) is 109 Å². The molecule has 0 aliphatic rings. The third-order valence-electron chi connectivity index (χ3n) is 5.98. The van der Waals surface area contributed by atoms with E-state index < -0.39 is 0 Å². The molecule has 0 radical (unpaired) electrons. The average Bonchev–Trinajstić information content (AvgIpc) is 2.76. The fourth-order valence-electron chi connectivity index (χ4n) is 3.97. The first kappa shape index (κ1) is 24.6. The SMILES string of the molecule is CCCCCCCc1ccc(-c2ncc(CCCCCCCCC(C)C)cn2)cc1. The molecule has 0 saturated heterocycles. The smallest absolute Gasteiger partial charge is 0.159 e. The fourth-order valence-corrected chi connectivity index (χ4v) is 3.97. The van der Waals surface area contributed by atoms with Crippen LogP contribution < -0.4 is 0 Å². The molecule has 2 aromatic rings. The Hall–Kier alpha value is -1.70. The summed E-state index contributed by atoms with van der Waals surface area (Å²) in [6, 6.07) is 8.84. The summed E-state index contributed by atoms with van der Waals surface area (Å²) in [5, 5.41) is 0. The molecule has 1 heterocycles. The van der Waals surface area contributed by atoms with Crippen LogP contribution in [0.4, 0.5) is 0 Å². The number of hydrogen-bond donors (Lipinski definition) is 0. The summed E-state index contributed by atoms with van der Waals surface area (Å²) in [5.41, 5.74) is 3.82. The van der Waals surface area contributed by atoms with Crippen LogP contribution in [0.2, 0.25) is 0 Å². The number of nitrogens with zero attached hydrogens (tertiary/aromatic N) is 2. The number of aromatic nitrogens is 2. The maximum Gasteiger partial charge on any atom is 0.159 e. The zero-order valence-electron chi connectivity index (χ0n) is 19.8. The van der Waals surface area contributed by atoms with Gasteiger partial charge in [-0.1, -0.05) is 109 Å². The van der Waals surface area contributed by atoms with E-state index in [2.05, 4.69) is 55.0 Å². The molecule has 0 aliphatic heterocycles. The normalized spacial score (nSPS) is 11.3. The molecule has 0 atom stereocenters. The van der Waals surface area contributed by atoms with Crippen LogP contribution in [-0.4, -0.2) is 9.97 Å². The Kier molecular flexibility index (Phi) is 12.4. The van der Waals surface area contributed by atoms with Crippen LogP contribution in [-0.2, 0) is 12.8 Å². The van der Waals surface area contributed by atoms with Crippen LogP contribution in [0.15, 0.2) is 36.7 Å². The van der Waals surface area contributed by atoms with Crippen molar-refractivity contribution in [2.24, 2.45) is 5.92 Å². The van der Waals surface area contributed by atoms with Gasteiger partial charge in [0.1, 0.15) is 0 Å². The summed E-state index contributed by atoms with van der Waals surface area (Å²) in [4.78, 5) is 9.24. The second-order valence-corrected chi connectivity index (χ2v) is 9.33. The average molecular weight is 409 g/mol. The lowest BCUT2D eigenvalue weighted by atomic mass is 10.0. The molecule has 166 valence electrons. The molecule has 2 nitrogen and oxygen atoms in total. The lowest BCUT2D eigenvalue weighted by Gasteiger charge is -2.06. The van der Waals surface area contributed by atoms with E-state index in [-0.39, 0.29) is 0 Å². The Labute approximate surface area is 185 Å². The molecule has 2 rings (SSSR count). The van der Waals surface area contributed by atoms with Gasteiger partial charge in [-0.15, -0.1) is 0 Å². The van der Waals surface area contributed by atoms with Crippen molar-refractivity contribution in [1.29, 1.82) is 0 Å². The van der Waals surface area contributed by atoms with Crippen molar-refractivity contribution in [1.82, 2.24) is 9.97 Å². The van der Waals surface area contributed by atoms with E-state index in [4.69, 9.17) is 0 Å². The number of benzene rings is 1. The minimum atomic E-state index is 0.846. The zero-order valence-corrected chi connectivity index (χ0v) is 19.8. The predicted molar refractivity (Wildman–Crippen MR) is 131 cm³/mol.